The monoisotopic (exact) mass is 411 g/mol. The van der Waals surface area contributed by atoms with E-state index in [0.29, 0.717) is 18.8 Å². The number of nitrogens with one attached hydrogen (secondary N) is 1. The highest BCUT2D eigenvalue weighted by molar-refractivity contribution is 7.89. The number of carbonyl (C=O) groups excluding carboxylic acids is 1. The molecule has 28 heavy (non-hydrogen) atoms. The Morgan fingerprint density at radius 3 is 2.36 bits per heavy atom. The lowest BCUT2D eigenvalue weighted by Crippen LogP contribution is -2.31. The fourth-order valence-electron chi connectivity index (χ4n) is 3.49. The molecule has 1 aromatic carbocycles. The Balaban J connectivity index is 2.17. The first-order valence-electron chi connectivity index (χ1n) is 10.0. The molecule has 0 aromatic heterocycles. The molecule has 1 aromatic rings. The molecule has 2 rings (SSSR count). The molecule has 1 fully saturated rings. The van der Waals surface area contributed by atoms with Gasteiger partial charge in [0.25, 0.3) is 0 Å². The lowest BCUT2D eigenvalue weighted by atomic mass is 9.98. The second kappa shape index (κ2) is 10.2. The van der Waals surface area contributed by atoms with Crippen molar-refractivity contribution >= 4 is 27.3 Å². The molecule has 0 aliphatic heterocycles. The third-order valence-corrected chi connectivity index (χ3v) is 7.12. The lowest BCUT2D eigenvalue weighted by Gasteiger charge is -2.23. The van der Waals surface area contributed by atoms with Crippen LogP contribution < -0.4 is 10.2 Å². The minimum absolute atomic E-state index is 0.0233. The molecule has 7 nitrogen and oxygen atoms in total. The van der Waals surface area contributed by atoms with Crippen molar-refractivity contribution in [3.8, 4) is 0 Å². The Morgan fingerprint density at radius 1 is 1.14 bits per heavy atom. The second-order valence-corrected chi connectivity index (χ2v) is 9.22. The number of benzene rings is 1. The van der Waals surface area contributed by atoms with Crippen LogP contribution in [0.25, 0.3) is 0 Å². The van der Waals surface area contributed by atoms with Gasteiger partial charge >= 0.3 is 0 Å². The summed E-state index contributed by atoms with van der Waals surface area (Å²) in [7, 11) is 0.0995. The largest absolute Gasteiger partial charge is 0.376 e. The van der Waals surface area contributed by atoms with Crippen LogP contribution in [0.5, 0.6) is 0 Å². The standard InChI is InChI=1S/C20H33N3O4S/c1-5-23(6-2)28(25,26)17-12-13-19(22(3)4)18(14-17)21-20(24)15-27-16-10-8-7-9-11-16/h12-14,16H,5-11,15H2,1-4H3,(H,21,24). The fraction of sp³-hybridized carbons (Fsp3) is 0.650. The van der Waals surface area contributed by atoms with Gasteiger partial charge in [-0.1, -0.05) is 33.1 Å². The predicted molar refractivity (Wildman–Crippen MR) is 112 cm³/mol. The number of hydrogen-bond donors (Lipinski definition) is 1. The molecule has 0 atom stereocenters. The maximum absolute atomic E-state index is 12.8. The number of amides is 1. The minimum Gasteiger partial charge on any atom is -0.376 e. The third-order valence-electron chi connectivity index (χ3n) is 5.07. The van der Waals surface area contributed by atoms with Crippen molar-refractivity contribution in [2.24, 2.45) is 0 Å². The van der Waals surface area contributed by atoms with E-state index >= 15 is 0 Å². The van der Waals surface area contributed by atoms with Crippen LogP contribution in [0.3, 0.4) is 0 Å². The molecule has 1 amide bonds. The normalized spacial score (nSPS) is 15.6. The van der Waals surface area contributed by atoms with Gasteiger partial charge < -0.3 is 15.0 Å². The van der Waals surface area contributed by atoms with E-state index in [-0.39, 0.29) is 23.5 Å². The smallest absolute Gasteiger partial charge is 0.250 e. The van der Waals surface area contributed by atoms with Gasteiger partial charge in [-0.05, 0) is 31.0 Å². The summed E-state index contributed by atoms with van der Waals surface area (Å²) in [4.78, 5) is 14.4. The lowest BCUT2D eigenvalue weighted by molar-refractivity contribution is -0.123. The number of anilines is 2. The van der Waals surface area contributed by atoms with E-state index in [1.165, 1.54) is 16.8 Å². The summed E-state index contributed by atoms with van der Waals surface area (Å²) in [6.07, 6.45) is 5.64. The summed E-state index contributed by atoms with van der Waals surface area (Å²) in [5.74, 6) is -0.272. The summed E-state index contributed by atoms with van der Waals surface area (Å²) >= 11 is 0. The Kier molecular flexibility index (Phi) is 8.27. The third kappa shape index (κ3) is 5.68. The second-order valence-electron chi connectivity index (χ2n) is 7.28. The molecule has 0 heterocycles. The Labute approximate surface area is 169 Å². The maximum atomic E-state index is 12.8. The number of hydrogen-bond acceptors (Lipinski definition) is 5. The zero-order valence-corrected chi connectivity index (χ0v) is 18.2. The van der Waals surface area contributed by atoms with Crippen LogP contribution in [0.1, 0.15) is 46.0 Å². The Morgan fingerprint density at radius 2 is 1.79 bits per heavy atom. The topological polar surface area (TPSA) is 79.0 Å². The first-order valence-corrected chi connectivity index (χ1v) is 11.5. The highest BCUT2D eigenvalue weighted by Gasteiger charge is 2.23. The van der Waals surface area contributed by atoms with Crippen molar-refractivity contribution in [2.75, 3.05) is 44.0 Å². The molecule has 0 bridgehead atoms. The average molecular weight is 412 g/mol. The summed E-state index contributed by atoms with van der Waals surface area (Å²) < 4.78 is 32.8. The molecule has 1 N–H and O–H groups in total. The number of nitrogens with zero attached hydrogens (tertiary/aromatic N) is 2. The van der Waals surface area contributed by atoms with Crippen molar-refractivity contribution < 1.29 is 17.9 Å². The van der Waals surface area contributed by atoms with Crippen LogP contribution in [0.15, 0.2) is 23.1 Å². The van der Waals surface area contributed by atoms with Crippen LogP contribution in [-0.2, 0) is 19.6 Å². The van der Waals surface area contributed by atoms with Crippen molar-refractivity contribution in [2.45, 2.75) is 57.0 Å². The minimum atomic E-state index is -3.60. The fourth-order valence-corrected chi connectivity index (χ4v) is 4.97. The van der Waals surface area contributed by atoms with Crippen molar-refractivity contribution in [3.63, 3.8) is 0 Å². The quantitative estimate of drug-likeness (QED) is 0.676. The van der Waals surface area contributed by atoms with E-state index in [0.717, 1.165) is 31.4 Å². The molecule has 8 heteroatoms. The summed E-state index contributed by atoms with van der Waals surface area (Å²) in [6.45, 7) is 4.38. The van der Waals surface area contributed by atoms with Gasteiger partial charge in [-0.25, -0.2) is 8.42 Å². The highest BCUT2D eigenvalue weighted by atomic mass is 32.2. The van der Waals surface area contributed by atoms with E-state index in [9.17, 15) is 13.2 Å². The van der Waals surface area contributed by atoms with Gasteiger partial charge in [0, 0.05) is 27.2 Å². The van der Waals surface area contributed by atoms with Crippen LogP contribution in [0, 0.1) is 0 Å². The molecular formula is C20H33N3O4S. The van der Waals surface area contributed by atoms with Crippen LogP contribution in [0.4, 0.5) is 11.4 Å². The Bertz CT molecular complexity index is 755. The number of carbonyl (C=O) groups is 1. The summed E-state index contributed by atoms with van der Waals surface area (Å²) in [5, 5.41) is 2.83. The van der Waals surface area contributed by atoms with E-state index in [1.54, 1.807) is 26.0 Å². The summed E-state index contributed by atoms with van der Waals surface area (Å²) in [6, 6.07) is 4.83. The Hall–Kier alpha value is -1.64. The van der Waals surface area contributed by atoms with Gasteiger partial charge in [-0.15, -0.1) is 0 Å². The zero-order valence-electron chi connectivity index (χ0n) is 17.4. The van der Waals surface area contributed by atoms with Crippen molar-refractivity contribution in [1.29, 1.82) is 0 Å². The van der Waals surface area contributed by atoms with E-state index in [2.05, 4.69) is 5.32 Å². The first kappa shape index (κ1) is 22.6. The highest BCUT2D eigenvalue weighted by Crippen LogP contribution is 2.29. The maximum Gasteiger partial charge on any atom is 0.250 e. The predicted octanol–water partition coefficient (Wildman–Crippen LogP) is 3.07. The molecule has 1 aliphatic rings. The molecular weight excluding hydrogens is 378 g/mol. The molecule has 0 spiro atoms. The van der Waals surface area contributed by atoms with Gasteiger partial charge in [-0.3, -0.25) is 4.79 Å². The van der Waals surface area contributed by atoms with Crippen LogP contribution in [0.2, 0.25) is 0 Å². The number of ether oxygens (including phenoxy) is 1. The molecule has 158 valence electrons. The zero-order chi connectivity index (χ0) is 20.7. The SMILES string of the molecule is CCN(CC)S(=O)(=O)c1ccc(N(C)C)c(NC(=O)COC2CCCCC2)c1. The molecule has 0 radical (unpaired) electrons. The summed E-state index contributed by atoms with van der Waals surface area (Å²) in [5.41, 5.74) is 1.21. The molecule has 1 aliphatic carbocycles. The van der Waals surface area contributed by atoms with Gasteiger partial charge in [0.15, 0.2) is 0 Å². The van der Waals surface area contributed by atoms with Crippen molar-refractivity contribution in [1.82, 2.24) is 4.31 Å². The molecule has 0 unspecified atom stereocenters. The first-order chi connectivity index (χ1) is 13.3. The van der Waals surface area contributed by atoms with Gasteiger partial charge in [0.05, 0.1) is 22.4 Å². The van der Waals surface area contributed by atoms with E-state index in [1.807, 2.05) is 19.0 Å². The van der Waals surface area contributed by atoms with E-state index in [4.69, 9.17) is 4.74 Å². The van der Waals surface area contributed by atoms with E-state index < -0.39 is 10.0 Å². The average Bonchev–Trinajstić information content (AvgIpc) is 2.67. The molecule has 1 saturated carbocycles. The molecule has 0 saturated heterocycles. The van der Waals surface area contributed by atoms with Crippen LogP contribution >= 0.6 is 0 Å². The van der Waals surface area contributed by atoms with Gasteiger partial charge in [-0.2, -0.15) is 4.31 Å². The van der Waals surface area contributed by atoms with Crippen LogP contribution in [-0.4, -0.2) is 58.5 Å². The number of rotatable bonds is 9. The van der Waals surface area contributed by atoms with Gasteiger partial charge in [0.1, 0.15) is 6.61 Å². The number of sulfonamides is 1. The van der Waals surface area contributed by atoms with Crippen molar-refractivity contribution in [3.05, 3.63) is 18.2 Å². The van der Waals surface area contributed by atoms with Gasteiger partial charge in [0.2, 0.25) is 15.9 Å².